The molecule has 4 heteroatoms. The fourth-order valence-electron chi connectivity index (χ4n) is 2.24. The van der Waals surface area contributed by atoms with Crippen molar-refractivity contribution in [1.82, 2.24) is 4.90 Å². The number of carbonyl (C=O) groups excluding carboxylic acids is 1. The van der Waals surface area contributed by atoms with Crippen molar-refractivity contribution >= 4 is 5.78 Å². The predicted octanol–water partition coefficient (Wildman–Crippen LogP) is 3.15. The highest BCUT2D eigenvalue weighted by atomic mass is 19.1. The Bertz CT molecular complexity index is 655. The Balaban J connectivity index is 2.03. The number of phenolic OH excluding ortho intramolecular Hbond substituents is 1. The molecule has 1 N–H and O–H groups in total. The quantitative estimate of drug-likeness (QED) is 0.859. The average Bonchev–Trinajstić information content (AvgIpc) is 2.41. The van der Waals surface area contributed by atoms with E-state index in [-0.39, 0.29) is 23.6 Å². The van der Waals surface area contributed by atoms with Gasteiger partial charge in [-0.25, -0.2) is 4.39 Å². The minimum absolute atomic E-state index is 0.0195. The minimum atomic E-state index is -0.530. The maximum absolute atomic E-state index is 13.2. The molecule has 0 bridgehead atoms. The molecule has 0 fully saturated rings. The summed E-state index contributed by atoms with van der Waals surface area (Å²) in [6.45, 7) is 2.74. The molecule has 0 saturated heterocycles. The molecule has 0 heterocycles. The van der Waals surface area contributed by atoms with Crippen LogP contribution in [0.4, 0.5) is 4.39 Å². The van der Waals surface area contributed by atoms with Gasteiger partial charge in [-0.2, -0.15) is 0 Å². The van der Waals surface area contributed by atoms with E-state index in [9.17, 15) is 14.3 Å². The molecule has 0 aromatic heterocycles. The second-order valence-electron chi connectivity index (χ2n) is 5.25. The third-order valence-electron chi connectivity index (χ3n) is 3.21. The van der Waals surface area contributed by atoms with Crippen molar-refractivity contribution in [2.75, 3.05) is 13.6 Å². The summed E-state index contributed by atoms with van der Waals surface area (Å²) in [7, 11) is 1.82. The molecule has 2 aromatic rings. The van der Waals surface area contributed by atoms with Gasteiger partial charge in [0.2, 0.25) is 0 Å². The van der Waals surface area contributed by atoms with E-state index in [1.54, 1.807) is 0 Å². The maximum Gasteiger partial charge on any atom is 0.180 e. The smallest absolute Gasteiger partial charge is 0.180 e. The van der Waals surface area contributed by atoms with Crippen LogP contribution < -0.4 is 0 Å². The number of hydrogen-bond acceptors (Lipinski definition) is 3. The molecule has 0 aliphatic heterocycles. The van der Waals surface area contributed by atoms with E-state index in [2.05, 4.69) is 6.07 Å². The number of carbonyl (C=O) groups is 1. The summed E-state index contributed by atoms with van der Waals surface area (Å²) >= 11 is 0. The number of Topliss-reactive ketones (excluding diaryl/α,β-unsaturated/α-hetero) is 1. The number of aromatic hydroxyl groups is 1. The van der Waals surface area contributed by atoms with E-state index in [0.717, 1.165) is 23.3 Å². The molecule has 0 atom stereocenters. The van der Waals surface area contributed by atoms with Gasteiger partial charge in [-0.05, 0) is 37.7 Å². The lowest BCUT2D eigenvalue weighted by Gasteiger charge is -2.16. The lowest BCUT2D eigenvalue weighted by atomic mass is 10.1. The maximum atomic E-state index is 13.2. The minimum Gasteiger partial charge on any atom is -0.507 e. The summed E-state index contributed by atoms with van der Waals surface area (Å²) in [5, 5.41) is 9.64. The van der Waals surface area contributed by atoms with Crippen molar-refractivity contribution in [1.29, 1.82) is 0 Å². The predicted molar refractivity (Wildman–Crippen MR) is 79.9 cm³/mol. The van der Waals surface area contributed by atoms with Crippen molar-refractivity contribution < 1.29 is 14.3 Å². The molecule has 0 spiro atoms. The van der Waals surface area contributed by atoms with Gasteiger partial charge in [0.1, 0.15) is 11.6 Å². The van der Waals surface area contributed by atoms with Gasteiger partial charge in [0.05, 0.1) is 12.1 Å². The molecule has 0 aliphatic carbocycles. The van der Waals surface area contributed by atoms with Crippen molar-refractivity contribution in [2.45, 2.75) is 13.5 Å². The van der Waals surface area contributed by atoms with E-state index in [4.69, 9.17) is 0 Å². The monoisotopic (exact) mass is 287 g/mol. The number of likely N-dealkylation sites (N-methyl/N-ethyl adjacent to an activating group) is 1. The van der Waals surface area contributed by atoms with Crippen LogP contribution in [0.2, 0.25) is 0 Å². The van der Waals surface area contributed by atoms with Gasteiger partial charge in [0.15, 0.2) is 5.78 Å². The molecule has 110 valence electrons. The van der Waals surface area contributed by atoms with Gasteiger partial charge in [0.25, 0.3) is 0 Å². The van der Waals surface area contributed by atoms with Crippen LogP contribution in [0.1, 0.15) is 21.5 Å². The van der Waals surface area contributed by atoms with Crippen LogP contribution in [0.5, 0.6) is 5.75 Å². The summed E-state index contributed by atoms with van der Waals surface area (Å²) < 4.78 is 13.2. The number of benzene rings is 2. The number of nitrogens with zero attached hydrogens (tertiary/aromatic N) is 1. The van der Waals surface area contributed by atoms with Crippen molar-refractivity contribution in [3.05, 3.63) is 65.0 Å². The normalized spacial score (nSPS) is 10.9. The van der Waals surface area contributed by atoms with E-state index in [1.165, 1.54) is 6.07 Å². The Labute approximate surface area is 123 Å². The number of aryl methyl sites for hydroxylation is 1. The van der Waals surface area contributed by atoms with Crippen molar-refractivity contribution in [3.63, 3.8) is 0 Å². The topological polar surface area (TPSA) is 40.5 Å². The number of phenols is 1. The SMILES string of the molecule is Cc1cccc(CN(C)CC(=O)c2cc(F)ccc2O)c1. The zero-order valence-electron chi connectivity index (χ0n) is 12.1. The van der Waals surface area contributed by atoms with Crippen LogP contribution in [0.15, 0.2) is 42.5 Å². The van der Waals surface area contributed by atoms with Crippen LogP contribution in [-0.4, -0.2) is 29.4 Å². The van der Waals surface area contributed by atoms with E-state index in [0.29, 0.717) is 6.54 Å². The van der Waals surface area contributed by atoms with Gasteiger partial charge in [0, 0.05) is 6.54 Å². The van der Waals surface area contributed by atoms with E-state index < -0.39 is 5.82 Å². The standard InChI is InChI=1S/C17H18FNO2/c1-12-4-3-5-13(8-12)10-19(2)11-17(21)15-9-14(18)6-7-16(15)20/h3-9,20H,10-11H2,1-2H3. The molecule has 0 unspecified atom stereocenters. The third kappa shape index (κ3) is 4.13. The zero-order chi connectivity index (χ0) is 15.4. The lowest BCUT2D eigenvalue weighted by Crippen LogP contribution is -2.25. The van der Waals surface area contributed by atoms with Crippen LogP contribution in [0.3, 0.4) is 0 Å². The van der Waals surface area contributed by atoms with Crippen molar-refractivity contribution in [3.8, 4) is 5.75 Å². The fraction of sp³-hybridized carbons (Fsp3) is 0.235. The Hall–Kier alpha value is -2.20. The van der Waals surface area contributed by atoms with Gasteiger partial charge >= 0.3 is 0 Å². The zero-order valence-corrected chi connectivity index (χ0v) is 12.1. The Morgan fingerprint density at radius 3 is 2.71 bits per heavy atom. The fourth-order valence-corrected chi connectivity index (χ4v) is 2.24. The number of halogens is 1. The number of hydrogen-bond donors (Lipinski definition) is 1. The molecular weight excluding hydrogens is 269 g/mol. The largest absolute Gasteiger partial charge is 0.507 e. The summed E-state index contributed by atoms with van der Waals surface area (Å²) in [6.07, 6.45) is 0. The first-order valence-electron chi connectivity index (χ1n) is 6.71. The van der Waals surface area contributed by atoms with Crippen LogP contribution in [0.25, 0.3) is 0 Å². The Morgan fingerprint density at radius 2 is 2.00 bits per heavy atom. The second-order valence-corrected chi connectivity index (χ2v) is 5.25. The van der Waals surface area contributed by atoms with Crippen molar-refractivity contribution in [2.24, 2.45) is 0 Å². The molecule has 21 heavy (non-hydrogen) atoms. The Kier molecular flexibility index (Phi) is 4.70. The van der Waals surface area contributed by atoms with Gasteiger partial charge in [-0.3, -0.25) is 9.69 Å². The summed E-state index contributed by atoms with van der Waals surface area (Å²) in [6, 6.07) is 11.4. The van der Waals surface area contributed by atoms with Crippen LogP contribution in [-0.2, 0) is 6.54 Å². The molecular formula is C17H18FNO2. The first kappa shape index (κ1) is 15.2. The second kappa shape index (κ2) is 6.50. The molecule has 0 amide bonds. The molecule has 3 nitrogen and oxygen atoms in total. The Morgan fingerprint density at radius 1 is 1.24 bits per heavy atom. The highest BCUT2D eigenvalue weighted by Gasteiger charge is 2.14. The van der Waals surface area contributed by atoms with Gasteiger partial charge in [-0.1, -0.05) is 29.8 Å². The molecule has 0 aliphatic rings. The molecule has 0 saturated carbocycles. The first-order chi connectivity index (χ1) is 9.95. The van der Waals surface area contributed by atoms with Gasteiger partial charge in [-0.15, -0.1) is 0 Å². The third-order valence-corrected chi connectivity index (χ3v) is 3.21. The molecule has 0 radical (unpaired) electrons. The molecule has 2 aromatic carbocycles. The van der Waals surface area contributed by atoms with E-state index >= 15 is 0 Å². The summed E-state index contributed by atoms with van der Waals surface area (Å²) in [4.78, 5) is 14.0. The highest BCUT2D eigenvalue weighted by molar-refractivity contribution is 5.99. The van der Waals surface area contributed by atoms with E-state index in [1.807, 2.05) is 37.1 Å². The lowest BCUT2D eigenvalue weighted by molar-refractivity contribution is 0.0940. The van der Waals surface area contributed by atoms with Crippen LogP contribution in [0, 0.1) is 12.7 Å². The number of rotatable bonds is 5. The summed E-state index contributed by atoms with van der Waals surface area (Å²) in [5.74, 6) is -1.02. The van der Waals surface area contributed by atoms with Crippen LogP contribution >= 0.6 is 0 Å². The highest BCUT2D eigenvalue weighted by Crippen LogP contribution is 2.19. The van der Waals surface area contributed by atoms with Gasteiger partial charge < -0.3 is 5.11 Å². The number of ketones is 1. The average molecular weight is 287 g/mol. The summed E-state index contributed by atoms with van der Waals surface area (Å²) in [5.41, 5.74) is 2.29. The first-order valence-corrected chi connectivity index (χ1v) is 6.71. The molecule has 2 rings (SSSR count).